The number of nitrogens with one attached hydrogen (secondary N) is 1. The smallest absolute Gasteiger partial charge is 0.277 e. The molecule has 0 aliphatic rings. The van der Waals surface area contributed by atoms with Crippen LogP contribution in [-0.2, 0) is 4.79 Å². The average molecular weight is 403 g/mol. The van der Waals surface area contributed by atoms with E-state index >= 15 is 0 Å². The zero-order valence-corrected chi connectivity index (χ0v) is 15.9. The fourth-order valence-electron chi connectivity index (χ4n) is 2.20. The first-order valence-electron chi connectivity index (χ1n) is 8.08. The molecule has 138 valence electrons. The van der Waals surface area contributed by atoms with E-state index in [1.165, 1.54) is 6.21 Å². The summed E-state index contributed by atoms with van der Waals surface area (Å²) in [5.41, 5.74) is 4.24. The van der Waals surface area contributed by atoms with Crippen LogP contribution in [0.15, 0.2) is 64.1 Å². The number of halogens is 2. The minimum absolute atomic E-state index is 0.162. The first kappa shape index (κ1) is 19.0. The second kappa shape index (κ2) is 8.75. The van der Waals surface area contributed by atoms with Gasteiger partial charge in [-0.2, -0.15) is 5.10 Å². The van der Waals surface area contributed by atoms with Gasteiger partial charge in [-0.3, -0.25) is 4.79 Å². The van der Waals surface area contributed by atoms with E-state index in [4.69, 9.17) is 32.4 Å². The Morgan fingerprint density at radius 2 is 1.93 bits per heavy atom. The number of carbonyl (C=O) groups is 1. The van der Waals surface area contributed by atoms with Gasteiger partial charge in [-0.25, -0.2) is 5.43 Å². The number of benzene rings is 2. The molecule has 3 rings (SSSR count). The largest absolute Gasteiger partial charge is 0.484 e. The van der Waals surface area contributed by atoms with Gasteiger partial charge in [0.15, 0.2) is 6.61 Å². The number of hydrogen-bond acceptors (Lipinski definition) is 4. The van der Waals surface area contributed by atoms with Gasteiger partial charge >= 0.3 is 0 Å². The number of ether oxygens (including phenoxy) is 1. The summed E-state index contributed by atoms with van der Waals surface area (Å²) in [7, 11) is 0. The Hall–Kier alpha value is -2.76. The lowest BCUT2D eigenvalue weighted by Crippen LogP contribution is -2.24. The minimum Gasteiger partial charge on any atom is -0.484 e. The van der Waals surface area contributed by atoms with Crippen molar-refractivity contribution in [2.45, 2.75) is 6.92 Å². The molecule has 0 radical (unpaired) electrons. The molecule has 2 aromatic carbocycles. The molecule has 1 N–H and O–H groups in total. The first-order valence-corrected chi connectivity index (χ1v) is 8.83. The van der Waals surface area contributed by atoms with Gasteiger partial charge in [-0.05, 0) is 55.0 Å². The van der Waals surface area contributed by atoms with E-state index < -0.39 is 5.91 Å². The number of furan rings is 1. The maximum atomic E-state index is 11.7. The molecule has 3 aromatic rings. The highest BCUT2D eigenvalue weighted by Crippen LogP contribution is 2.26. The van der Waals surface area contributed by atoms with Crippen LogP contribution in [0.5, 0.6) is 5.75 Å². The van der Waals surface area contributed by atoms with Crippen molar-refractivity contribution in [1.29, 1.82) is 0 Å². The lowest BCUT2D eigenvalue weighted by molar-refractivity contribution is -0.123. The molecule has 0 spiro atoms. The van der Waals surface area contributed by atoms with Crippen LogP contribution < -0.4 is 10.2 Å². The summed E-state index contributed by atoms with van der Waals surface area (Å²) in [6.45, 7) is 1.77. The summed E-state index contributed by atoms with van der Waals surface area (Å²) >= 11 is 11.9. The monoisotopic (exact) mass is 402 g/mol. The van der Waals surface area contributed by atoms with Crippen LogP contribution >= 0.6 is 23.2 Å². The Balaban J connectivity index is 1.52. The second-order valence-corrected chi connectivity index (χ2v) is 6.55. The quantitative estimate of drug-likeness (QED) is 0.461. The molecular weight excluding hydrogens is 387 g/mol. The van der Waals surface area contributed by atoms with Gasteiger partial charge in [-0.15, -0.1) is 0 Å². The molecule has 5 nitrogen and oxygen atoms in total. The Bertz CT molecular complexity index is 966. The highest BCUT2D eigenvalue weighted by Gasteiger charge is 2.06. The average Bonchev–Trinajstić information content (AvgIpc) is 3.12. The predicted molar refractivity (Wildman–Crippen MR) is 107 cm³/mol. The van der Waals surface area contributed by atoms with Crippen molar-refractivity contribution in [2.75, 3.05) is 6.61 Å². The van der Waals surface area contributed by atoms with E-state index in [1.807, 2.05) is 31.2 Å². The molecule has 0 fully saturated rings. The Kier molecular flexibility index (Phi) is 6.16. The molecule has 1 amide bonds. The third-order valence-corrected chi connectivity index (χ3v) is 4.31. The maximum Gasteiger partial charge on any atom is 0.277 e. The van der Waals surface area contributed by atoms with Crippen molar-refractivity contribution in [3.8, 4) is 17.1 Å². The molecule has 0 aliphatic heterocycles. The number of carbonyl (C=O) groups excluding carboxylic acids is 1. The summed E-state index contributed by atoms with van der Waals surface area (Å²) in [6.07, 6.45) is 1.42. The first-order chi connectivity index (χ1) is 13.0. The topological polar surface area (TPSA) is 63.8 Å². The van der Waals surface area contributed by atoms with E-state index in [-0.39, 0.29) is 6.61 Å². The van der Waals surface area contributed by atoms with Gasteiger partial charge in [0.1, 0.15) is 17.3 Å². The zero-order valence-electron chi connectivity index (χ0n) is 14.4. The number of hydrogen-bond donors (Lipinski definition) is 1. The third-order valence-electron chi connectivity index (χ3n) is 3.65. The fraction of sp³-hybridized carbons (Fsp3) is 0.100. The third kappa shape index (κ3) is 5.36. The van der Waals surface area contributed by atoms with Gasteiger partial charge in [-0.1, -0.05) is 35.3 Å². The molecule has 0 aliphatic carbocycles. The van der Waals surface area contributed by atoms with Crippen LogP contribution in [0.3, 0.4) is 0 Å². The van der Waals surface area contributed by atoms with Gasteiger partial charge in [0.05, 0.1) is 6.21 Å². The van der Waals surface area contributed by atoms with Crippen molar-refractivity contribution in [3.05, 3.63) is 76.0 Å². The summed E-state index contributed by atoms with van der Waals surface area (Å²) in [4.78, 5) is 11.7. The number of rotatable bonds is 6. The van der Waals surface area contributed by atoms with Crippen molar-refractivity contribution in [1.82, 2.24) is 5.43 Å². The van der Waals surface area contributed by atoms with Crippen molar-refractivity contribution < 1.29 is 13.9 Å². The van der Waals surface area contributed by atoms with E-state index in [0.29, 0.717) is 27.3 Å². The highest BCUT2D eigenvalue weighted by atomic mass is 35.5. The molecule has 27 heavy (non-hydrogen) atoms. The lowest BCUT2D eigenvalue weighted by Gasteiger charge is -2.04. The van der Waals surface area contributed by atoms with E-state index in [9.17, 15) is 4.79 Å². The molecule has 0 bridgehead atoms. The Morgan fingerprint density at radius 1 is 1.15 bits per heavy atom. The molecular formula is C20H16Cl2N2O3. The van der Waals surface area contributed by atoms with Gasteiger partial charge in [0.2, 0.25) is 0 Å². The van der Waals surface area contributed by atoms with Crippen LogP contribution in [0.4, 0.5) is 0 Å². The summed E-state index contributed by atoms with van der Waals surface area (Å²) in [6, 6.07) is 16.0. The SMILES string of the molecule is Cc1ccc(-c2ccc(/C=N/NC(=O)COc3ccc(Cl)cc3)o2)cc1Cl. The number of aryl methyl sites for hydroxylation is 1. The van der Waals surface area contributed by atoms with Crippen LogP contribution in [0.25, 0.3) is 11.3 Å². The number of nitrogens with zero attached hydrogens (tertiary/aromatic N) is 1. The van der Waals surface area contributed by atoms with Crippen LogP contribution in [-0.4, -0.2) is 18.7 Å². The van der Waals surface area contributed by atoms with Crippen LogP contribution in [0.1, 0.15) is 11.3 Å². The summed E-state index contributed by atoms with van der Waals surface area (Å²) in [5, 5.41) is 5.13. The fourth-order valence-corrected chi connectivity index (χ4v) is 2.51. The van der Waals surface area contributed by atoms with Gasteiger partial charge in [0, 0.05) is 15.6 Å². The Morgan fingerprint density at radius 3 is 2.67 bits per heavy atom. The van der Waals surface area contributed by atoms with Gasteiger partial charge in [0.25, 0.3) is 5.91 Å². The molecule has 0 unspecified atom stereocenters. The standard InChI is InChI=1S/C20H16Cl2N2O3/c1-13-2-3-14(10-18(13)22)19-9-8-17(27-19)11-23-24-20(25)12-26-16-6-4-15(21)5-7-16/h2-11H,12H2,1H3,(H,24,25)/b23-11+. The number of hydrazone groups is 1. The van der Waals surface area contributed by atoms with E-state index in [0.717, 1.165) is 11.1 Å². The van der Waals surface area contributed by atoms with Crippen molar-refractivity contribution >= 4 is 35.3 Å². The van der Waals surface area contributed by atoms with Crippen molar-refractivity contribution in [2.24, 2.45) is 5.10 Å². The highest BCUT2D eigenvalue weighted by molar-refractivity contribution is 6.31. The minimum atomic E-state index is -0.390. The molecule has 1 heterocycles. The molecule has 0 saturated heterocycles. The number of amides is 1. The Labute approximate surface area is 166 Å². The summed E-state index contributed by atoms with van der Waals surface area (Å²) < 4.78 is 11.0. The molecule has 1 aromatic heterocycles. The molecule has 7 heteroatoms. The van der Waals surface area contributed by atoms with Gasteiger partial charge < -0.3 is 9.15 Å². The normalized spacial score (nSPS) is 10.9. The maximum absolute atomic E-state index is 11.7. The van der Waals surface area contributed by atoms with Crippen molar-refractivity contribution in [3.63, 3.8) is 0 Å². The van der Waals surface area contributed by atoms with E-state index in [1.54, 1.807) is 30.3 Å². The zero-order chi connectivity index (χ0) is 19.2. The van der Waals surface area contributed by atoms with Crippen LogP contribution in [0, 0.1) is 6.92 Å². The van der Waals surface area contributed by atoms with E-state index in [2.05, 4.69) is 10.5 Å². The predicted octanol–water partition coefficient (Wildman–Crippen LogP) is 5.09. The molecule has 0 saturated carbocycles. The van der Waals surface area contributed by atoms with Crippen LogP contribution in [0.2, 0.25) is 10.0 Å². The molecule has 0 atom stereocenters. The lowest BCUT2D eigenvalue weighted by atomic mass is 10.1. The second-order valence-electron chi connectivity index (χ2n) is 5.70. The summed E-state index contributed by atoms with van der Waals surface area (Å²) in [5.74, 6) is 1.32.